The lowest BCUT2D eigenvalue weighted by molar-refractivity contribution is 0.267. The van der Waals surface area contributed by atoms with Gasteiger partial charge >= 0.3 is 0 Å². The summed E-state index contributed by atoms with van der Waals surface area (Å²) in [6.07, 6.45) is 1.50. The quantitative estimate of drug-likeness (QED) is 0.730. The van der Waals surface area contributed by atoms with Crippen LogP contribution in [-0.2, 0) is 10.0 Å². The Balaban J connectivity index is 2.32. The van der Waals surface area contributed by atoms with Crippen molar-refractivity contribution in [2.75, 3.05) is 0 Å². The molecule has 10 heteroatoms. The molecule has 0 saturated heterocycles. The highest BCUT2D eigenvalue weighted by Crippen LogP contribution is 2.29. The van der Waals surface area contributed by atoms with E-state index in [2.05, 4.69) is 9.97 Å². The number of nitrogens with two attached hydrogens (primary N) is 1. The molecule has 0 aliphatic heterocycles. The second-order valence-corrected chi connectivity index (χ2v) is 7.80. The topological polar surface area (TPSA) is 108 Å². The molecule has 0 aromatic carbocycles. The maximum atomic E-state index is 12.7. The Labute approximate surface area is 127 Å². The average molecular weight is 340 g/mol. The normalized spacial score (nSPS) is 11.8. The van der Waals surface area contributed by atoms with Crippen LogP contribution < -0.4 is 5.73 Å². The number of hydrogen-bond acceptors (Lipinski definition) is 7. The molecule has 7 nitrogen and oxygen atoms in total. The molecule has 0 aliphatic rings. The molecule has 3 rings (SSSR count). The van der Waals surface area contributed by atoms with E-state index >= 15 is 0 Å². The third-order valence-corrected chi connectivity index (χ3v) is 6.39. The van der Waals surface area contributed by atoms with Crippen LogP contribution >= 0.6 is 23.1 Å². The highest BCUT2D eigenvalue weighted by Gasteiger charge is 2.26. The smallest absolute Gasteiger partial charge is 0.284 e. The summed E-state index contributed by atoms with van der Waals surface area (Å²) in [5.74, 6) is 0. The minimum Gasteiger partial charge on any atom is -0.360 e. The van der Waals surface area contributed by atoms with Crippen LogP contribution in [0.5, 0.6) is 0 Å². The summed E-state index contributed by atoms with van der Waals surface area (Å²) >= 11 is 1.63. The lowest BCUT2D eigenvalue weighted by Gasteiger charge is -2.06. The highest BCUT2D eigenvalue weighted by molar-refractivity contribution is 8.13. The van der Waals surface area contributed by atoms with Crippen LogP contribution in [0.2, 0.25) is 0 Å². The molecule has 0 bridgehead atoms. The van der Waals surface area contributed by atoms with Crippen molar-refractivity contribution in [2.45, 2.75) is 9.37 Å². The van der Waals surface area contributed by atoms with Crippen LogP contribution in [0.3, 0.4) is 0 Å². The molecule has 0 saturated carbocycles. The number of amides is 1. The third-order valence-electron chi connectivity index (χ3n) is 2.54. The molecule has 0 unspecified atom stereocenters. The number of aromatic nitrogens is 3. The number of hydrogen-bond donors (Lipinski definition) is 1. The van der Waals surface area contributed by atoms with Gasteiger partial charge in [-0.3, -0.25) is 4.79 Å². The van der Waals surface area contributed by atoms with Gasteiger partial charge in [-0.05, 0) is 23.6 Å². The van der Waals surface area contributed by atoms with Crippen LogP contribution in [-0.4, -0.2) is 27.6 Å². The van der Waals surface area contributed by atoms with E-state index in [1.165, 1.54) is 12.3 Å². The van der Waals surface area contributed by atoms with Gasteiger partial charge in [0.1, 0.15) is 9.73 Å². The van der Waals surface area contributed by atoms with E-state index in [1.807, 2.05) is 0 Å². The van der Waals surface area contributed by atoms with E-state index in [4.69, 9.17) is 5.73 Å². The van der Waals surface area contributed by atoms with Gasteiger partial charge < -0.3 is 5.73 Å². The zero-order valence-corrected chi connectivity index (χ0v) is 12.8. The van der Waals surface area contributed by atoms with E-state index in [0.717, 1.165) is 15.3 Å². The number of nitrogens with zero attached hydrogens (tertiary/aromatic N) is 3. The molecule has 0 radical (unpaired) electrons. The van der Waals surface area contributed by atoms with Crippen molar-refractivity contribution < 1.29 is 13.2 Å². The molecule has 2 N–H and O–H groups in total. The fraction of sp³-hybridized carbons (Fsp3) is 0. The Morgan fingerprint density at radius 1 is 1.33 bits per heavy atom. The molecule has 3 aromatic rings. The summed E-state index contributed by atoms with van der Waals surface area (Å²) in [6, 6.07) is 6.30. The largest absolute Gasteiger partial charge is 0.360 e. The predicted octanol–water partition coefficient (Wildman–Crippen LogP) is 1.90. The molecule has 1 amide bonds. The van der Waals surface area contributed by atoms with Crippen molar-refractivity contribution in [3.63, 3.8) is 0 Å². The Morgan fingerprint density at radius 2 is 2.14 bits per heavy atom. The third kappa shape index (κ3) is 2.41. The maximum absolute atomic E-state index is 12.7. The summed E-state index contributed by atoms with van der Waals surface area (Å²) in [4.78, 5) is 19.2. The second-order valence-electron chi connectivity index (χ2n) is 3.86. The van der Waals surface area contributed by atoms with Gasteiger partial charge in [0.05, 0.1) is 0 Å². The standard InChI is InChI=1S/C11H8N4O3S3/c12-10(16)20-11-14-9-7(3-1-5-13-9)15(11)21(17,18)8-4-2-6-19-8/h1-6H,(H2,12,16). The first-order chi connectivity index (χ1) is 10.00. The summed E-state index contributed by atoms with van der Waals surface area (Å²) in [5, 5.41) is 0.892. The van der Waals surface area contributed by atoms with E-state index in [9.17, 15) is 13.2 Å². The van der Waals surface area contributed by atoms with Gasteiger partial charge in [-0.2, -0.15) is 8.42 Å². The molecular weight excluding hydrogens is 332 g/mol. The second kappa shape index (κ2) is 5.13. The van der Waals surface area contributed by atoms with Crippen LogP contribution in [0.25, 0.3) is 11.2 Å². The first-order valence-corrected chi connectivity index (χ1v) is 8.73. The van der Waals surface area contributed by atoms with Gasteiger partial charge in [0.15, 0.2) is 10.8 Å². The summed E-state index contributed by atoms with van der Waals surface area (Å²) < 4.78 is 26.6. The van der Waals surface area contributed by atoms with Crippen molar-refractivity contribution in [1.82, 2.24) is 13.9 Å². The molecule has 0 aliphatic carbocycles. The number of primary amides is 1. The average Bonchev–Trinajstić information content (AvgIpc) is 3.05. The first-order valence-electron chi connectivity index (χ1n) is 5.60. The lowest BCUT2D eigenvalue weighted by Crippen LogP contribution is -2.14. The summed E-state index contributed by atoms with van der Waals surface area (Å²) in [5.41, 5.74) is 5.67. The fourth-order valence-corrected chi connectivity index (χ4v) is 5.06. The maximum Gasteiger partial charge on any atom is 0.284 e. The van der Waals surface area contributed by atoms with Gasteiger partial charge in [-0.1, -0.05) is 6.07 Å². The summed E-state index contributed by atoms with van der Waals surface area (Å²) in [7, 11) is -3.85. The number of carbonyl (C=O) groups is 1. The molecule has 0 atom stereocenters. The van der Waals surface area contributed by atoms with Gasteiger partial charge in [0, 0.05) is 18.0 Å². The van der Waals surface area contributed by atoms with E-state index in [0.29, 0.717) is 17.3 Å². The van der Waals surface area contributed by atoms with Gasteiger partial charge in [0.2, 0.25) is 0 Å². The van der Waals surface area contributed by atoms with Crippen LogP contribution in [0.1, 0.15) is 0 Å². The number of fused-ring (bicyclic) bond motifs is 1. The molecule has 0 fully saturated rings. The number of carbonyl (C=O) groups excluding carboxylic acids is 1. The van der Waals surface area contributed by atoms with E-state index in [-0.39, 0.29) is 15.0 Å². The molecule has 3 heterocycles. The Kier molecular flexibility index (Phi) is 3.43. The predicted molar refractivity (Wildman–Crippen MR) is 79.9 cm³/mol. The Morgan fingerprint density at radius 3 is 2.81 bits per heavy atom. The highest BCUT2D eigenvalue weighted by atomic mass is 32.2. The van der Waals surface area contributed by atoms with Crippen LogP contribution in [0, 0.1) is 0 Å². The van der Waals surface area contributed by atoms with Gasteiger partial charge in [0.25, 0.3) is 15.3 Å². The monoisotopic (exact) mass is 340 g/mol. The van der Waals surface area contributed by atoms with Crippen molar-refractivity contribution in [1.29, 1.82) is 0 Å². The van der Waals surface area contributed by atoms with Crippen molar-refractivity contribution in [3.8, 4) is 0 Å². The fourth-order valence-electron chi connectivity index (χ4n) is 1.76. The number of thioether (sulfide) groups is 1. The van der Waals surface area contributed by atoms with Crippen LogP contribution in [0.4, 0.5) is 4.79 Å². The SMILES string of the molecule is NC(=O)Sc1nc2ncccc2n1S(=O)(=O)c1cccs1. The minimum absolute atomic E-state index is 0.0235. The van der Waals surface area contributed by atoms with E-state index < -0.39 is 15.3 Å². The Bertz CT molecular complexity index is 916. The number of imidazole rings is 1. The molecule has 0 spiro atoms. The zero-order valence-electron chi connectivity index (χ0n) is 10.3. The number of pyridine rings is 1. The Hall–Kier alpha value is -1.91. The van der Waals surface area contributed by atoms with E-state index in [1.54, 1.807) is 23.6 Å². The van der Waals surface area contributed by atoms with Crippen molar-refractivity contribution in [3.05, 3.63) is 35.8 Å². The molecule has 108 valence electrons. The first kappa shape index (κ1) is 14.0. The van der Waals surface area contributed by atoms with Gasteiger partial charge in [-0.25, -0.2) is 13.9 Å². The number of thiophene rings is 1. The molecular formula is C11H8N4O3S3. The van der Waals surface area contributed by atoms with Crippen molar-refractivity contribution in [2.24, 2.45) is 5.73 Å². The lowest BCUT2D eigenvalue weighted by atomic mass is 10.4. The molecule has 3 aromatic heterocycles. The zero-order chi connectivity index (χ0) is 15.0. The molecule has 21 heavy (non-hydrogen) atoms. The summed E-state index contributed by atoms with van der Waals surface area (Å²) in [6.45, 7) is 0. The minimum atomic E-state index is -3.85. The van der Waals surface area contributed by atoms with Gasteiger partial charge in [-0.15, -0.1) is 11.3 Å². The van der Waals surface area contributed by atoms with Crippen molar-refractivity contribution >= 4 is 49.5 Å². The van der Waals surface area contributed by atoms with Crippen LogP contribution in [0.15, 0.2) is 45.2 Å². The number of rotatable bonds is 3.